The molecule has 2 atom stereocenters. The Labute approximate surface area is 138 Å². The van der Waals surface area contributed by atoms with Crippen LogP contribution in [0.2, 0.25) is 0 Å². The van der Waals surface area contributed by atoms with Crippen molar-refractivity contribution in [2.75, 3.05) is 18.6 Å². The summed E-state index contributed by atoms with van der Waals surface area (Å²) in [5.74, 6) is 5.28. The predicted molar refractivity (Wildman–Crippen MR) is 91.2 cm³/mol. The largest absolute Gasteiger partial charge is 0.383 e. The Hall–Kier alpha value is -1.83. The van der Waals surface area contributed by atoms with E-state index in [9.17, 15) is 9.90 Å². The van der Waals surface area contributed by atoms with Gasteiger partial charge < -0.3 is 14.7 Å². The number of benzene rings is 1. The van der Waals surface area contributed by atoms with Crippen molar-refractivity contribution >= 4 is 11.6 Å². The molecule has 1 aromatic rings. The van der Waals surface area contributed by atoms with Gasteiger partial charge >= 0.3 is 0 Å². The molecule has 0 spiro atoms. The van der Waals surface area contributed by atoms with Gasteiger partial charge in [0.05, 0.1) is 12.6 Å². The molecule has 4 nitrogen and oxygen atoms in total. The van der Waals surface area contributed by atoms with E-state index >= 15 is 0 Å². The third-order valence-electron chi connectivity index (χ3n) is 4.05. The van der Waals surface area contributed by atoms with Gasteiger partial charge in [0.15, 0.2) is 0 Å². The number of rotatable bonds is 5. The molecule has 0 aromatic heterocycles. The van der Waals surface area contributed by atoms with Crippen LogP contribution in [0.25, 0.3) is 0 Å². The minimum absolute atomic E-state index is 0.103. The van der Waals surface area contributed by atoms with Crippen LogP contribution < -0.4 is 4.90 Å². The first-order chi connectivity index (χ1) is 11.0. The minimum atomic E-state index is -1.68. The molecule has 1 aliphatic heterocycles. The Morgan fingerprint density at radius 3 is 2.91 bits per heavy atom. The van der Waals surface area contributed by atoms with Gasteiger partial charge in [0, 0.05) is 19.2 Å². The highest BCUT2D eigenvalue weighted by Crippen LogP contribution is 2.33. The van der Waals surface area contributed by atoms with Crippen molar-refractivity contribution in [2.24, 2.45) is 0 Å². The van der Waals surface area contributed by atoms with Gasteiger partial charge in [-0.05, 0) is 31.4 Å². The normalized spacial score (nSPS) is 18.8. The maximum atomic E-state index is 12.9. The summed E-state index contributed by atoms with van der Waals surface area (Å²) in [6.45, 7) is 3.99. The summed E-state index contributed by atoms with van der Waals surface area (Å²) in [6, 6.07) is 7.67. The number of ether oxygens (including phenoxy) is 1. The number of nitrogens with zero attached hydrogens (tertiary/aromatic N) is 1. The highest BCUT2D eigenvalue weighted by Gasteiger charge is 2.41. The summed E-state index contributed by atoms with van der Waals surface area (Å²) in [6.07, 6.45) is 3.43. The predicted octanol–water partition coefficient (Wildman–Crippen LogP) is 2.54. The second-order valence-electron chi connectivity index (χ2n) is 6.09. The second-order valence-corrected chi connectivity index (χ2v) is 6.09. The number of fused-ring (bicyclic) bond motifs is 1. The van der Waals surface area contributed by atoms with Gasteiger partial charge in [0.25, 0.3) is 5.91 Å². The Morgan fingerprint density at radius 2 is 2.22 bits per heavy atom. The molecule has 0 radical (unpaired) electrons. The quantitative estimate of drug-likeness (QED) is 0.671. The number of para-hydroxylation sites is 1. The van der Waals surface area contributed by atoms with E-state index in [1.165, 1.54) is 6.92 Å². The van der Waals surface area contributed by atoms with Gasteiger partial charge in [0.2, 0.25) is 5.60 Å². The SMILES string of the molecule is CCCCC#C[C@@](C)(O)C(=O)N1c2ccccc2C[C@H]1COC. The summed E-state index contributed by atoms with van der Waals surface area (Å²) >= 11 is 0. The summed E-state index contributed by atoms with van der Waals surface area (Å²) < 4.78 is 5.25. The lowest BCUT2D eigenvalue weighted by molar-refractivity contribution is -0.131. The zero-order valence-corrected chi connectivity index (χ0v) is 14.1. The number of carbonyl (C=O) groups is 1. The second kappa shape index (κ2) is 7.63. The maximum absolute atomic E-state index is 12.9. The topological polar surface area (TPSA) is 49.8 Å². The van der Waals surface area contributed by atoms with Gasteiger partial charge in [-0.1, -0.05) is 43.4 Å². The summed E-state index contributed by atoms with van der Waals surface area (Å²) in [5.41, 5.74) is 0.254. The van der Waals surface area contributed by atoms with Crippen LogP contribution in [-0.4, -0.2) is 36.4 Å². The van der Waals surface area contributed by atoms with Gasteiger partial charge in [-0.3, -0.25) is 4.79 Å². The number of carbonyl (C=O) groups excluding carboxylic acids is 1. The van der Waals surface area contributed by atoms with Crippen molar-refractivity contribution in [3.63, 3.8) is 0 Å². The zero-order chi connectivity index (χ0) is 16.9. The molecule has 0 bridgehead atoms. The van der Waals surface area contributed by atoms with Crippen LogP contribution in [-0.2, 0) is 16.0 Å². The van der Waals surface area contributed by atoms with Crippen molar-refractivity contribution < 1.29 is 14.6 Å². The number of aliphatic hydroxyl groups is 1. The van der Waals surface area contributed by atoms with Crippen molar-refractivity contribution in [1.29, 1.82) is 0 Å². The molecule has 1 amide bonds. The lowest BCUT2D eigenvalue weighted by atomic mass is 10.0. The zero-order valence-electron chi connectivity index (χ0n) is 14.1. The van der Waals surface area contributed by atoms with Gasteiger partial charge in [-0.2, -0.15) is 0 Å². The standard InChI is InChI=1S/C19H25NO3/c1-4-5-6-9-12-19(2,22)18(21)20-16(14-23-3)13-15-10-7-8-11-17(15)20/h7-8,10-11,16,22H,4-6,13-14H2,1-3H3/t16-,19+/m0/s1. The molecule has 1 N–H and O–H groups in total. The molecular weight excluding hydrogens is 290 g/mol. The Balaban J connectivity index is 2.25. The van der Waals surface area contributed by atoms with Gasteiger partial charge in [-0.25, -0.2) is 0 Å². The fraction of sp³-hybridized carbons (Fsp3) is 0.526. The highest BCUT2D eigenvalue weighted by molar-refractivity contribution is 6.03. The average molecular weight is 315 g/mol. The molecule has 0 saturated heterocycles. The minimum Gasteiger partial charge on any atom is -0.383 e. The number of hydrogen-bond acceptors (Lipinski definition) is 3. The van der Waals surface area contributed by atoms with E-state index < -0.39 is 5.60 Å². The molecular formula is C19H25NO3. The molecule has 2 rings (SSSR count). The van der Waals surface area contributed by atoms with E-state index in [4.69, 9.17) is 4.74 Å². The molecule has 0 fully saturated rings. The molecule has 124 valence electrons. The average Bonchev–Trinajstić information content (AvgIpc) is 2.89. The van der Waals surface area contributed by atoms with Crippen molar-refractivity contribution in [3.8, 4) is 11.8 Å². The van der Waals surface area contributed by atoms with Gasteiger partial charge in [0.1, 0.15) is 0 Å². The first-order valence-corrected chi connectivity index (χ1v) is 8.14. The van der Waals surface area contributed by atoms with Crippen LogP contribution in [0.4, 0.5) is 5.69 Å². The molecule has 23 heavy (non-hydrogen) atoms. The van der Waals surface area contributed by atoms with E-state index in [2.05, 4.69) is 18.8 Å². The van der Waals surface area contributed by atoms with E-state index in [1.807, 2.05) is 24.3 Å². The summed E-state index contributed by atoms with van der Waals surface area (Å²) in [7, 11) is 1.62. The lowest BCUT2D eigenvalue weighted by Gasteiger charge is -2.29. The first kappa shape index (κ1) is 17.5. The van der Waals surface area contributed by atoms with E-state index in [0.717, 1.165) is 30.5 Å². The molecule has 1 aromatic carbocycles. The highest BCUT2D eigenvalue weighted by atomic mass is 16.5. The van der Waals surface area contributed by atoms with Crippen molar-refractivity contribution in [3.05, 3.63) is 29.8 Å². The summed E-state index contributed by atoms with van der Waals surface area (Å²) in [5, 5.41) is 10.5. The Bertz CT molecular complexity index is 613. The van der Waals surface area contributed by atoms with E-state index in [-0.39, 0.29) is 11.9 Å². The molecule has 0 unspecified atom stereocenters. The number of unbranched alkanes of at least 4 members (excludes halogenated alkanes) is 2. The monoisotopic (exact) mass is 315 g/mol. The van der Waals surface area contributed by atoms with Crippen molar-refractivity contribution in [2.45, 2.75) is 51.2 Å². The fourth-order valence-corrected chi connectivity index (χ4v) is 2.85. The molecule has 1 aliphatic rings. The number of methoxy groups -OCH3 is 1. The molecule has 4 heteroatoms. The van der Waals surface area contributed by atoms with Crippen LogP contribution in [0.3, 0.4) is 0 Å². The van der Waals surface area contributed by atoms with E-state index in [1.54, 1.807) is 12.0 Å². The van der Waals surface area contributed by atoms with Crippen LogP contribution in [0.15, 0.2) is 24.3 Å². The van der Waals surface area contributed by atoms with Crippen LogP contribution in [0.1, 0.15) is 38.7 Å². The first-order valence-electron chi connectivity index (χ1n) is 8.14. The molecule has 0 aliphatic carbocycles. The summed E-state index contributed by atoms with van der Waals surface area (Å²) in [4.78, 5) is 14.5. The van der Waals surface area contributed by atoms with Gasteiger partial charge in [-0.15, -0.1) is 0 Å². The maximum Gasteiger partial charge on any atom is 0.271 e. The third-order valence-corrected chi connectivity index (χ3v) is 4.05. The smallest absolute Gasteiger partial charge is 0.271 e. The third kappa shape index (κ3) is 3.93. The van der Waals surface area contributed by atoms with Crippen LogP contribution in [0, 0.1) is 11.8 Å². The molecule has 1 heterocycles. The van der Waals surface area contributed by atoms with Crippen molar-refractivity contribution in [1.82, 2.24) is 0 Å². The fourth-order valence-electron chi connectivity index (χ4n) is 2.85. The lowest BCUT2D eigenvalue weighted by Crippen LogP contribution is -2.51. The Kier molecular flexibility index (Phi) is 5.81. The number of amides is 1. The molecule has 0 saturated carbocycles. The van der Waals surface area contributed by atoms with Crippen LogP contribution in [0.5, 0.6) is 0 Å². The number of anilines is 1. The number of hydrogen-bond donors (Lipinski definition) is 1. The Morgan fingerprint density at radius 1 is 1.48 bits per heavy atom. The van der Waals surface area contributed by atoms with E-state index in [0.29, 0.717) is 13.0 Å². The van der Waals surface area contributed by atoms with Crippen LogP contribution >= 0.6 is 0 Å².